The molecule has 2 heterocycles. The summed E-state index contributed by atoms with van der Waals surface area (Å²) in [6.45, 7) is 7.55. The molecule has 0 aliphatic carbocycles. The maximum atomic E-state index is 13.0. The molecule has 1 aliphatic rings. The molecule has 0 N–H and O–H groups in total. The zero-order valence-corrected chi connectivity index (χ0v) is 17.0. The number of para-hydroxylation sites is 1. The van der Waals surface area contributed by atoms with Crippen molar-refractivity contribution < 1.29 is 8.42 Å². The third-order valence-electron chi connectivity index (χ3n) is 4.82. The van der Waals surface area contributed by atoms with E-state index in [2.05, 4.69) is 23.7 Å². The molecule has 0 amide bonds. The Labute approximate surface area is 160 Å². The lowest BCUT2D eigenvalue weighted by atomic mass is 10.2. The molecule has 5 nitrogen and oxygen atoms in total. The predicted octanol–water partition coefficient (Wildman–Crippen LogP) is 3.63. The fraction of sp³-hybridized carbons (Fsp3) is 0.421. The second-order valence-electron chi connectivity index (χ2n) is 6.37. The molecule has 3 rings (SSSR count). The van der Waals surface area contributed by atoms with E-state index in [0.717, 1.165) is 18.1 Å². The Bertz CT molecular complexity index is 826. The number of benzene rings is 1. The minimum atomic E-state index is -3.63. The normalized spacial score (nSPS) is 20.8. The molecule has 2 aromatic rings. The molecule has 0 bridgehead atoms. The van der Waals surface area contributed by atoms with Gasteiger partial charge in [0.2, 0.25) is 0 Å². The summed E-state index contributed by atoms with van der Waals surface area (Å²) in [5.74, 6) is 1.90. The Morgan fingerprint density at radius 3 is 2.54 bits per heavy atom. The number of nitrogens with zero attached hydrogens (tertiary/aromatic N) is 3. The van der Waals surface area contributed by atoms with Gasteiger partial charge in [-0.2, -0.15) is 11.8 Å². The van der Waals surface area contributed by atoms with Crippen LogP contribution in [-0.4, -0.2) is 43.5 Å². The fourth-order valence-electron chi connectivity index (χ4n) is 3.16. The highest BCUT2D eigenvalue weighted by Crippen LogP contribution is 2.29. The Hall–Kier alpha value is -1.73. The summed E-state index contributed by atoms with van der Waals surface area (Å²) in [6, 6.07) is 13.0. The molecule has 2 unspecified atom stereocenters. The van der Waals surface area contributed by atoms with E-state index in [9.17, 15) is 8.42 Å². The van der Waals surface area contributed by atoms with E-state index in [1.165, 1.54) is 10.5 Å². The standard InChI is InChI=1S/C19H25N3O2S2/c1-4-22(17-8-6-5-7-9-17)26(23,24)18-10-11-19(20-14-18)21-12-13-25-16(3)15(21)2/h5-11,14-16H,4,12-13H2,1-3H3. The van der Waals surface area contributed by atoms with Gasteiger partial charge >= 0.3 is 0 Å². The van der Waals surface area contributed by atoms with E-state index >= 15 is 0 Å². The minimum absolute atomic E-state index is 0.221. The molecule has 1 aliphatic heterocycles. The third-order valence-corrected chi connectivity index (χ3v) is 8.04. The highest BCUT2D eigenvalue weighted by atomic mass is 32.2. The van der Waals surface area contributed by atoms with Crippen LogP contribution in [-0.2, 0) is 10.0 Å². The Kier molecular flexibility index (Phi) is 5.77. The van der Waals surface area contributed by atoms with Crippen LogP contribution in [0.15, 0.2) is 53.6 Å². The molecule has 0 spiro atoms. The largest absolute Gasteiger partial charge is 0.352 e. The van der Waals surface area contributed by atoms with E-state index < -0.39 is 10.0 Å². The molecule has 2 atom stereocenters. The molecule has 7 heteroatoms. The third kappa shape index (κ3) is 3.69. The van der Waals surface area contributed by atoms with Crippen LogP contribution in [0.2, 0.25) is 0 Å². The highest BCUT2D eigenvalue weighted by molar-refractivity contribution is 8.00. The molecule has 1 saturated heterocycles. The Balaban J connectivity index is 1.87. The molecule has 0 radical (unpaired) electrons. The van der Waals surface area contributed by atoms with Gasteiger partial charge in [-0.3, -0.25) is 4.31 Å². The first-order chi connectivity index (χ1) is 12.4. The Morgan fingerprint density at radius 2 is 1.92 bits per heavy atom. The van der Waals surface area contributed by atoms with Crippen LogP contribution in [0.3, 0.4) is 0 Å². The number of hydrogen-bond acceptors (Lipinski definition) is 5. The van der Waals surface area contributed by atoms with Crippen molar-refractivity contribution in [1.82, 2.24) is 4.98 Å². The van der Waals surface area contributed by atoms with Gasteiger partial charge in [0, 0.05) is 36.3 Å². The number of rotatable bonds is 5. The van der Waals surface area contributed by atoms with E-state index in [0.29, 0.717) is 23.5 Å². The quantitative estimate of drug-likeness (QED) is 0.779. The maximum Gasteiger partial charge on any atom is 0.265 e. The van der Waals surface area contributed by atoms with Crippen molar-refractivity contribution >= 4 is 33.3 Å². The van der Waals surface area contributed by atoms with Crippen molar-refractivity contribution in [3.8, 4) is 0 Å². The lowest BCUT2D eigenvalue weighted by molar-refractivity contribution is 0.591. The van der Waals surface area contributed by atoms with E-state index in [1.807, 2.05) is 43.0 Å². The summed E-state index contributed by atoms with van der Waals surface area (Å²) in [6.07, 6.45) is 1.48. The molecular formula is C19H25N3O2S2. The maximum absolute atomic E-state index is 13.0. The number of sulfonamides is 1. The van der Waals surface area contributed by atoms with Crippen LogP contribution >= 0.6 is 11.8 Å². The average Bonchev–Trinajstić information content (AvgIpc) is 2.65. The molecule has 26 heavy (non-hydrogen) atoms. The van der Waals surface area contributed by atoms with Gasteiger partial charge in [-0.25, -0.2) is 13.4 Å². The van der Waals surface area contributed by atoms with Crippen molar-refractivity contribution in [3.63, 3.8) is 0 Å². The smallest absolute Gasteiger partial charge is 0.265 e. The summed E-state index contributed by atoms with van der Waals surface area (Å²) < 4.78 is 27.5. The lowest BCUT2D eigenvalue weighted by Gasteiger charge is -2.38. The molecule has 1 aromatic heterocycles. The van der Waals surface area contributed by atoms with Crippen molar-refractivity contribution in [3.05, 3.63) is 48.7 Å². The first-order valence-corrected chi connectivity index (χ1v) is 11.4. The Morgan fingerprint density at radius 1 is 1.19 bits per heavy atom. The van der Waals surface area contributed by atoms with Crippen LogP contribution in [0.5, 0.6) is 0 Å². The number of thioether (sulfide) groups is 1. The number of anilines is 2. The SMILES string of the molecule is CCN(c1ccccc1)S(=O)(=O)c1ccc(N2CCSC(C)C2C)nc1. The van der Waals surface area contributed by atoms with Crippen LogP contribution in [0.25, 0.3) is 0 Å². The molecule has 0 saturated carbocycles. The minimum Gasteiger partial charge on any atom is -0.352 e. The second-order valence-corrected chi connectivity index (χ2v) is 9.71. The molecule has 1 fully saturated rings. The van der Waals surface area contributed by atoms with Gasteiger partial charge in [0.25, 0.3) is 10.0 Å². The number of aromatic nitrogens is 1. The molecular weight excluding hydrogens is 366 g/mol. The fourth-order valence-corrected chi connectivity index (χ4v) is 5.68. The molecule has 1 aromatic carbocycles. The average molecular weight is 392 g/mol. The van der Waals surface area contributed by atoms with Gasteiger partial charge in [0.15, 0.2) is 0 Å². The summed E-state index contributed by atoms with van der Waals surface area (Å²) >= 11 is 1.96. The number of pyridine rings is 1. The van der Waals surface area contributed by atoms with Gasteiger partial charge in [-0.1, -0.05) is 25.1 Å². The topological polar surface area (TPSA) is 53.5 Å². The molecule has 140 valence electrons. The summed E-state index contributed by atoms with van der Waals surface area (Å²) in [5.41, 5.74) is 0.662. The summed E-state index contributed by atoms with van der Waals surface area (Å²) in [7, 11) is -3.63. The van der Waals surface area contributed by atoms with Crippen molar-refractivity contribution in [2.75, 3.05) is 28.0 Å². The van der Waals surface area contributed by atoms with E-state index in [-0.39, 0.29) is 4.90 Å². The van der Waals surface area contributed by atoms with Crippen molar-refractivity contribution in [2.45, 2.75) is 37.0 Å². The van der Waals surface area contributed by atoms with E-state index in [4.69, 9.17) is 0 Å². The first-order valence-electron chi connectivity index (χ1n) is 8.87. The van der Waals surface area contributed by atoms with Gasteiger partial charge < -0.3 is 4.90 Å². The summed E-state index contributed by atoms with van der Waals surface area (Å²) in [5, 5.41) is 0.530. The second kappa shape index (κ2) is 7.88. The van der Waals surface area contributed by atoms with Crippen molar-refractivity contribution in [1.29, 1.82) is 0 Å². The monoisotopic (exact) mass is 391 g/mol. The highest BCUT2D eigenvalue weighted by Gasteiger charge is 2.28. The zero-order chi connectivity index (χ0) is 18.7. The van der Waals surface area contributed by atoms with Gasteiger partial charge in [-0.05, 0) is 38.1 Å². The summed E-state index contributed by atoms with van der Waals surface area (Å²) in [4.78, 5) is 6.95. The van der Waals surface area contributed by atoms with Gasteiger partial charge in [0.1, 0.15) is 10.7 Å². The van der Waals surface area contributed by atoms with Crippen LogP contribution in [0.1, 0.15) is 20.8 Å². The van der Waals surface area contributed by atoms with Gasteiger partial charge in [0.05, 0.1) is 5.69 Å². The first kappa shape index (κ1) is 19.0. The van der Waals surface area contributed by atoms with Gasteiger partial charge in [-0.15, -0.1) is 0 Å². The zero-order valence-electron chi connectivity index (χ0n) is 15.4. The van der Waals surface area contributed by atoms with Crippen LogP contribution < -0.4 is 9.21 Å². The van der Waals surface area contributed by atoms with Crippen molar-refractivity contribution in [2.24, 2.45) is 0 Å². The number of hydrogen-bond donors (Lipinski definition) is 0. The lowest BCUT2D eigenvalue weighted by Crippen LogP contribution is -2.45. The predicted molar refractivity (Wildman–Crippen MR) is 110 cm³/mol. The van der Waals surface area contributed by atoms with E-state index in [1.54, 1.807) is 18.2 Å². The van der Waals surface area contributed by atoms with Crippen LogP contribution in [0, 0.1) is 0 Å². The van der Waals surface area contributed by atoms with Crippen LogP contribution in [0.4, 0.5) is 11.5 Å².